The molecule has 2 N–H and O–H groups in total. The number of para-hydroxylation sites is 2. The molecule has 5 heteroatoms. The molecule has 22 heavy (non-hydrogen) atoms. The molecule has 1 fully saturated rings. The van der Waals surface area contributed by atoms with Gasteiger partial charge in [-0.2, -0.15) is 0 Å². The molecule has 0 aromatic heterocycles. The van der Waals surface area contributed by atoms with Crippen LogP contribution in [-0.4, -0.2) is 51.1 Å². The Morgan fingerprint density at radius 1 is 1.32 bits per heavy atom. The van der Waals surface area contributed by atoms with Crippen molar-refractivity contribution in [2.24, 2.45) is 5.92 Å². The van der Waals surface area contributed by atoms with Gasteiger partial charge in [0, 0.05) is 0 Å². The highest BCUT2D eigenvalue weighted by molar-refractivity contribution is 5.93. The molecule has 0 atom stereocenters. The minimum absolute atomic E-state index is 0.0261. The lowest BCUT2D eigenvalue weighted by molar-refractivity contribution is -0.117. The molecule has 1 aromatic rings. The first-order chi connectivity index (χ1) is 10.7. The Hall–Kier alpha value is -1.59. The first-order valence-electron chi connectivity index (χ1n) is 8.02. The fraction of sp³-hybridized carbons (Fsp3) is 0.588. The summed E-state index contributed by atoms with van der Waals surface area (Å²) in [7, 11) is 3.61. The van der Waals surface area contributed by atoms with Crippen LogP contribution >= 0.6 is 0 Å². The maximum atomic E-state index is 12.2. The Bertz CT molecular complexity index is 471. The van der Waals surface area contributed by atoms with Gasteiger partial charge in [0.1, 0.15) is 5.75 Å². The number of hydrogen-bond acceptors (Lipinski definition) is 4. The van der Waals surface area contributed by atoms with E-state index in [0.29, 0.717) is 12.3 Å². The number of anilines is 1. The highest BCUT2D eigenvalue weighted by Gasteiger charge is 2.20. The van der Waals surface area contributed by atoms with Crippen molar-refractivity contribution >= 4 is 11.6 Å². The second-order valence-electron chi connectivity index (χ2n) is 5.86. The van der Waals surface area contributed by atoms with Gasteiger partial charge in [-0.3, -0.25) is 9.69 Å². The van der Waals surface area contributed by atoms with Gasteiger partial charge in [-0.05, 0) is 64.0 Å². The molecule has 122 valence electrons. The SMILES string of the molecule is CNCCC1CCN(CC(=O)Nc2ccccc2OC)CC1. The molecule has 0 aliphatic carbocycles. The van der Waals surface area contributed by atoms with Gasteiger partial charge < -0.3 is 15.4 Å². The molecule has 0 spiro atoms. The Balaban J connectivity index is 1.76. The largest absolute Gasteiger partial charge is 0.495 e. The number of ether oxygens (including phenoxy) is 1. The molecule has 1 aliphatic heterocycles. The molecular weight excluding hydrogens is 278 g/mol. The van der Waals surface area contributed by atoms with E-state index in [1.165, 1.54) is 19.3 Å². The summed E-state index contributed by atoms with van der Waals surface area (Å²) in [4.78, 5) is 14.4. The van der Waals surface area contributed by atoms with Crippen LogP contribution in [0.2, 0.25) is 0 Å². The molecule has 1 amide bonds. The summed E-state index contributed by atoms with van der Waals surface area (Å²) in [6.07, 6.45) is 3.60. The normalized spacial score (nSPS) is 16.5. The second-order valence-corrected chi connectivity index (χ2v) is 5.86. The van der Waals surface area contributed by atoms with Crippen LogP contribution in [0.15, 0.2) is 24.3 Å². The van der Waals surface area contributed by atoms with E-state index >= 15 is 0 Å². The molecule has 0 radical (unpaired) electrons. The van der Waals surface area contributed by atoms with E-state index in [-0.39, 0.29) is 5.91 Å². The van der Waals surface area contributed by atoms with Gasteiger partial charge in [-0.1, -0.05) is 12.1 Å². The summed E-state index contributed by atoms with van der Waals surface area (Å²) >= 11 is 0. The highest BCUT2D eigenvalue weighted by Crippen LogP contribution is 2.23. The Morgan fingerprint density at radius 3 is 2.73 bits per heavy atom. The van der Waals surface area contributed by atoms with Crippen molar-refractivity contribution in [3.8, 4) is 5.75 Å². The Labute approximate surface area is 133 Å². The highest BCUT2D eigenvalue weighted by atomic mass is 16.5. The zero-order chi connectivity index (χ0) is 15.8. The van der Waals surface area contributed by atoms with E-state index in [4.69, 9.17) is 4.74 Å². The van der Waals surface area contributed by atoms with E-state index in [2.05, 4.69) is 15.5 Å². The number of rotatable bonds is 7. The maximum Gasteiger partial charge on any atom is 0.238 e. The van der Waals surface area contributed by atoms with E-state index in [1.807, 2.05) is 31.3 Å². The number of methoxy groups -OCH3 is 1. The summed E-state index contributed by atoms with van der Waals surface area (Å²) < 4.78 is 5.25. The van der Waals surface area contributed by atoms with Crippen molar-refractivity contribution in [2.75, 3.05) is 45.7 Å². The molecular formula is C17H27N3O2. The van der Waals surface area contributed by atoms with Gasteiger partial charge in [0.05, 0.1) is 19.3 Å². The second kappa shape index (κ2) is 8.76. The number of carbonyl (C=O) groups excluding carboxylic acids is 1. The quantitative estimate of drug-likeness (QED) is 0.808. The number of hydrogen-bond donors (Lipinski definition) is 2. The third-order valence-electron chi connectivity index (χ3n) is 4.26. The number of carbonyl (C=O) groups is 1. The van der Waals surface area contributed by atoms with Gasteiger partial charge >= 0.3 is 0 Å². The van der Waals surface area contributed by atoms with E-state index < -0.39 is 0 Å². The van der Waals surface area contributed by atoms with Gasteiger partial charge in [0.15, 0.2) is 0 Å². The Kier molecular flexibility index (Phi) is 6.68. The predicted molar refractivity (Wildman–Crippen MR) is 89.3 cm³/mol. The molecule has 0 bridgehead atoms. The number of amides is 1. The zero-order valence-electron chi connectivity index (χ0n) is 13.6. The van der Waals surface area contributed by atoms with Gasteiger partial charge in [0.2, 0.25) is 5.91 Å². The number of likely N-dealkylation sites (tertiary alicyclic amines) is 1. The van der Waals surface area contributed by atoms with Gasteiger partial charge in [-0.25, -0.2) is 0 Å². The lowest BCUT2D eigenvalue weighted by atomic mass is 9.93. The van der Waals surface area contributed by atoms with Crippen molar-refractivity contribution in [3.63, 3.8) is 0 Å². The minimum atomic E-state index is 0.0261. The van der Waals surface area contributed by atoms with Crippen molar-refractivity contribution in [3.05, 3.63) is 24.3 Å². The number of piperidine rings is 1. The van der Waals surface area contributed by atoms with Crippen LogP contribution in [0.3, 0.4) is 0 Å². The summed E-state index contributed by atoms with van der Waals surface area (Å²) in [6, 6.07) is 7.50. The van der Waals surface area contributed by atoms with E-state index in [0.717, 1.165) is 31.2 Å². The zero-order valence-corrected chi connectivity index (χ0v) is 13.6. The molecule has 1 heterocycles. The maximum absolute atomic E-state index is 12.2. The Morgan fingerprint density at radius 2 is 2.05 bits per heavy atom. The monoisotopic (exact) mass is 305 g/mol. The van der Waals surface area contributed by atoms with Crippen LogP contribution in [0, 0.1) is 5.92 Å². The van der Waals surface area contributed by atoms with Crippen molar-refractivity contribution in [1.82, 2.24) is 10.2 Å². The van der Waals surface area contributed by atoms with Crippen LogP contribution in [-0.2, 0) is 4.79 Å². The third kappa shape index (κ3) is 5.00. The fourth-order valence-electron chi connectivity index (χ4n) is 2.92. The lowest BCUT2D eigenvalue weighted by Gasteiger charge is -2.31. The number of benzene rings is 1. The third-order valence-corrected chi connectivity index (χ3v) is 4.26. The van der Waals surface area contributed by atoms with Crippen LogP contribution in [0.5, 0.6) is 5.75 Å². The molecule has 2 rings (SSSR count). The van der Waals surface area contributed by atoms with Crippen LogP contribution in [0.4, 0.5) is 5.69 Å². The fourth-order valence-corrected chi connectivity index (χ4v) is 2.92. The van der Waals surface area contributed by atoms with Crippen molar-refractivity contribution in [1.29, 1.82) is 0 Å². The van der Waals surface area contributed by atoms with Crippen molar-refractivity contribution in [2.45, 2.75) is 19.3 Å². The van der Waals surface area contributed by atoms with Crippen LogP contribution in [0.1, 0.15) is 19.3 Å². The predicted octanol–water partition coefficient (Wildman–Crippen LogP) is 1.96. The van der Waals surface area contributed by atoms with Crippen molar-refractivity contribution < 1.29 is 9.53 Å². The number of nitrogens with zero attached hydrogens (tertiary/aromatic N) is 1. The first kappa shape index (κ1) is 16.8. The summed E-state index contributed by atoms with van der Waals surface area (Å²) in [5.74, 6) is 1.51. The molecule has 5 nitrogen and oxygen atoms in total. The summed E-state index contributed by atoms with van der Waals surface area (Å²) in [6.45, 7) is 3.55. The van der Waals surface area contributed by atoms with Gasteiger partial charge in [-0.15, -0.1) is 0 Å². The number of nitrogens with one attached hydrogen (secondary N) is 2. The van der Waals surface area contributed by atoms with Gasteiger partial charge in [0.25, 0.3) is 0 Å². The molecule has 1 aliphatic rings. The molecule has 0 unspecified atom stereocenters. The van der Waals surface area contributed by atoms with Crippen LogP contribution in [0.25, 0.3) is 0 Å². The average Bonchev–Trinajstić information content (AvgIpc) is 2.54. The smallest absolute Gasteiger partial charge is 0.238 e. The summed E-state index contributed by atoms with van der Waals surface area (Å²) in [5.41, 5.74) is 0.735. The van der Waals surface area contributed by atoms with E-state index in [1.54, 1.807) is 7.11 Å². The standard InChI is InChI=1S/C17H27N3O2/c1-18-10-7-14-8-11-20(12-9-14)13-17(21)19-15-5-3-4-6-16(15)22-2/h3-6,14,18H,7-13H2,1-2H3,(H,19,21). The molecule has 1 aromatic carbocycles. The first-order valence-corrected chi connectivity index (χ1v) is 8.02. The topological polar surface area (TPSA) is 53.6 Å². The molecule has 0 saturated carbocycles. The van der Waals surface area contributed by atoms with Crippen LogP contribution < -0.4 is 15.4 Å². The minimum Gasteiger partial charge on any atom is -0.495 e. The van der Waals surface area contributed by atoms with E-state index in [9.17, 15) is 4.79 Å². The molecule has 1 saturated heterocycles. The average molecular weight is 305 g/mol. The lowest BCUT2D eigenvalue weighted by Crippen LogP contribution is -2.39. The summed E-state index contributed by atoms with van der Waals surface area (Å²) in [5, 5.41) is 6.15.